The second kappa shape index (κ2) is 10.5. The van der Waals surface area contributed by atoms with Gasteiger partial charge >= 0.3 is 0 Å². The maximum absolute atomic E-state index is 11.3. The van der Waals surface area contributed by atoms with Crippen molar-refractivity contribution in [3.05, 3.63) is 0 Å². The van der Waals surface area contributed by atoms with Gasteiger partial charge < -0.3 is 21.1 Å². The molecule has 134 valence electrons. The summed E-state index contributed by atoms with van der Waals surface area (Å²) in [6, 6.07) is 0. The van der Waals surface area contributed by atoms with E-state index in [1.54, 1.807) is 13.8 Å². The van der Waals surface area contributed by atoms with Gasteiger partial charge in [0.15, 0.2) is 5.96 Å². The number of ether oxygens (including phenoxy) is 1. The van der Waals surface area contributed by atoms with Crippen LogP contribution < -0.4 is 16.4 Å². The topological polar surface area (TPSA) is 88.7 Å². The average Bonchev–Trinajstić information content (AvgIpc) is 2.77. The zero-order valence-electron chi connectivity index (χ0n) is 15.0. The number of hydrogen-bond donors (Lipinski definition) is 3. The smallest absolute Gasteiger partial charge is 0.224 e. The summed E-state index contributed by atoms with van der Waals surface area (Å²) in [6.07, 6.45) is 8.01. The second-order valence-electron chi connectivity index (χ2n) is 6.85. The van der Waals surface area contributed by atoms with Crippen LogP contribution in [0.3, 0.4) is 0 Å². The van der Waals surface area contributed by atoms with Crippen LogP contribution in [0, 0.1) is 5.41 Å². The fraction of sp³-hybridized carbons (Fsp3) is 0.882. The Kier molecular flexibility index (Phi) is 8.99. The number of rotatable bonds is 8. The van der Waals surface area contributed by atoms with Crippen molar-refractivity contribution in [1.82, 2.24) is 10.6 Å². The number of hydrogen-bond acceptors (Lipinski definition) is 3. The monoisotopic (exact) mass is 326 g/mol. The highest BCUT2D eigenvalue weighted by Crippen LogP contribution is 2.19. The van der Waals surface area contributed by atoms with Crippen LogP contribution in [0.25, 0.3) is 0 Å². The predicted molar refractivity (Wildman–Crippen MR) is 94.4 cm³/mol. The van der Waals surface area contributed by atoms with Gasteiger partial charge in [0, 0.05) is 13.1 Å². The van der Waals surface area contributed by atoms with Crippen molar-refractivity contribution in [1.29, 1.82) is 0 Å². The molecule has 6 heteroatoms. The van der Waals surface area contributed by atoms with E-state index in [-0.39, 0.29) is 5.91 Å². The van der Waals surface area contributed by atoms with Gasteiger partial charge in [-0.25, -0.2) is 0 Å². The third-order valence-electron chi connectivity index (χ3n) is 4.19. The fourth-order valence-corrected chi connectivity index (χ4v) is 2.50. The Hall–Kier alpha value is -1.30. The minimum Gasteiger partial charge on any atom is -0.376 e. The highest BCUT2D eigenvalue weighted by atomic mass is 16.5. The number of carbonyl (C=O) groups excluding carboxylic acids is 1. The van der Waals surface area contributed by atoms with E-state index in [2.05, 4.69) is 15.6 Å². The number of nitrogens with two attached hydrogens (primary N) is 1. The maximum atomic E-state index is 11.3. The molecule has 0 heterocycles. The molecule has 0 aromatic carbocycles. The summed E-state index contributed by atoms with van der Waals surface area (Å²) in [5.74, 6) is 0.361. The average molecular weight is 326 g/mol. The summed E-state index contributed by atoms with van der Waals surface area (Å²) in [5.41, 5.74) is 4.74. The SMILES string of the molecule is CCNC(=NCC(C)(C)C(N)=O)NCCOC1CCCCCC1. The lowest BCUT2D eigenvalue weighted by molar-refractivity contribution is -0.125. The quantitative estimate of drug-likeness (QED) is 0.275. The zero-order chi connectivity index (χ0) is 17.1. The van der Waals surface area contributed by atoms with Crippen molar-refractivity contribution in [2.45, 2.75) is 65.4 Å². The molecule has 1 fully saturated rings. The van der Waals surface area contributed by atoms with E-state index in [1.807, 2.05) is 6.92 Å². The minimum atomic E-state index is -0.640. The van der Waals surface area contributed by atoms with Crippen molar-refractivity contribution in [2.75, 3.05) is 26.2 Å². The van der Waals surface area contributed by atoms with Crippen LogP contribution in [-0.2, 0) is 9.53 Å². The van der Waals surface area contributed by atoms with Gasteiger partial charge in [-0.15, -0.1) is 0 Å². The highest BCUT2D eigenvalue weighted by Gasteiger charge is 2.24. The molecule has 1 amide bonds. The van der Waals surface area contributed by atoms with Gasteiger partial charge in [-0.1, -0.05) is 25.7 Å². The van der Waals surface area contributed by atoms with Gasteiger partial charge in [-0.05, 0) is 33.6 Å². The van der Waals surface area contributed by atoms with E-state index < -0.39 is 5.41 Å². The predicted octanol–water partition coefficient (Wildman–Crippen LogP) is 1.79. The number of guanidine groups is 1. The Balaban J connectivity index is 2.33. The molecule has 1 rings (SSSR count). The van der Waals surface area contributed by atoms with Gasteiger partial charge in [0.05, 0.1) is 24.7 Å². The molecular weight excluding hydrogens is 292 g/mol. The fourth-order valence-electron chi connectivity index (χ4n) is 2.50. The molecule has 0 spiro atoms. The van der Waals surface area contributed by atoms with Gasteiger partial charge in [0.1, 0.15) is 0 Å². The Morgan fingerprint density at radius 3 is 2.43 bits per heavy atom. The number of nitrogens with zero attached hydrogens (tertiary/aromatic N) is 1. The number of nitrogens with one attached hydrogen (secondary N) is 2. The Labute approximate surface area is 140 Å². The van der Waals surface area contributed by atoms with Crippen molar-refractivity contribution < 1.29 is 9.53 Å². The van der Waals surface area contributed by atoms with Crippen LogP contribution in [0.2, 0.25) is 0 Å². The van der Waals surface area contributed by atoms with Crippen molar-refractivity contribution in [3.8, 4) is 0 Å². The first kappa shape index (κ1) is 19.7. The summed E-state index contributed by atoms with van der Waals surface area (Å²) in [7, 11) is 0. The molecule has 0 atom stereocenters. The molecule has 0 aromatic rings. The van der Waals surface area contributed by atoms with Crippen molar-refractivity contribution in [3.63, 3.8) is 0 Å². The Morgan fingerprint density at radius 1 is 1.22 bits per heavy atom. The first-order chi connectivity index (χ1) is 11.0. The van der Waals surface area contributed by atoms with Crippen LogP contribution in [0.5, 0.6) is 0 Å². The molecule has 0 aliphatic heterocycles. The summed E-state index contributed by atoms with van der Waals surface area (Å²) in [5, 5.41) is 6.42. The number of carbonyl (C=O) groups is 1. The van der Waals surface area contributed by atoms with Crippen LogP contribution in [0.1, 0.15) is 59.3 Å². The van der Waals surface area contributed by atoms with Gasteiger partial charge in [-0.2, -0.15) is 0 Å². The lowest BCUT2D eigenvalue weighted by Gasteiger charge is -2.19. The Bertz CT molecular complexity index is 375. The number of primary amides is 1. The van der Waals surface area contributed by atoms with E-state index in [4.69, 9.17) is 10.5 Å². The molecule has 0 saturated heterocycles. The molecular formula is C17H34N4O2. The lowest BCUT2D eigenvalue weighted by Crippen LogP contribution is -2.41. The normalized spacial score (nSPS) is 17.6. The van der Waals surface area contributed by atoms with E-state index in [1.165, 1.54) is 38.5 Å². The lowest BCUT2D eigenvalue weighted by atomic mass is 9.93. The highest BCUT2D eigenvalue weighted by molar-refractivity contribution is 5.82. The summed E-state index contributed by atoms with van der Waals surface area (Å²) < 4.78 is 5.96. The molecule has 1 aliphatic carbocycles. The molecule has 6 nitrogen and oxygen atoms in total. The van der Waals surface area contributed by atoms with Crippen LogP contribution in [-0.4, -0.2) is 44.2 Å². The molecule has 0 bridgehead atoms. The molecule has 0 unspecified atom stereocenters. The first-order valence-electron chi connectivity index (χ1n) is 8.89. The molecule has 1 aliphatic rings. The van der Waals surface area contributed by atoms with Crippen molar-refractivity contribution in [2.24, 2.45) is 16.1 Å². The number of amides is 1. The van der Waals surface area contributed by atoms with Crippen LogP contribution in [0.15, 0.2) is 4.99 Å². The summed E-state index contributed by atoms with van der Waals surface area (Å²) in [4.78, 5) is 15.8. The Morgan fingerprint density at radius 2 is 1.87 bits per heavy atom. The third-order valence-corrected chi connectivity index (χ3v) is 4.19. The van der Waals surface area contributed by atoms with Crippen molar-refractivity contribution >= 4 is 11.9 Å². The van der Waals surface area contributed by atoms with E-state index in [0.29, 0.717) is 31.8 Å². The first-order valence-corrected chi connectivity index (χ1v) is 8.89. The van der Waals surface area contributed by atoms with E-state index in [0.717, 1.165) is 6.54 Å². The maximum Gasteiger partial charge on any atom is 0.224 e. The zero-order valence-corrected chi connectivity index (χ0v) is 15.0. The number of aliphatic imine (C=N–C) groups is 1. The van der Waals surface area contributed by atoms with E-state index >= 15 is 0 Å². The van der Waals surface area contributed by atoms with Crippen LogP contribution in [0.4, 0.5) is 0 Å². The van der Waals surface area contributed by atoms with Gasteiger partial charge in [-0.3, -0.25) is 9.79 Å². The third kappa shape index (κ3) is 8.21. The van der Waals surface area contributed by atoms with E-state index in [9.17, 15) is 4.79 Å². The van der Waals surface area contributed by atoms with Crippen LogP contribution >= 0.6 is 0 Å². The molecule has 1 saturated carbocycles. The van der Waals surface area contributed by atoms with Gasteiger partial charge in [0.25, 0.3) is 0 Å². The second-order valence-corrected chi connectivity index (χ2v) is 6.85. The standard InChI is InChI=1S/C17H34N4O2/c1-4-19-16(21-13-17(2,3)15(18)22)20-11-12-23-14-9-7-5-6-8-10-14/h14H,4-13H2,1-3H3,(H2,18,22)(H2,19,20,21). The largest absolute Gasteiger partial charge is 0.376 e. The van der Waals surface area contributed by atoms with Gasteiger partial charge in [0.2, 0.25) is 5.91 Å². The molecule has 0 radical (unpaired) electrons. The summed E-state index contributed by atoms with van der Waals surface area (Å²) in [6.45, 7) is 8.13. The molecule has 4 N–H and O–H groups in total. The molecule has 23 heavy (non-hydrogen) atoms. The molecule has 0 aromatic heterocycles. The minimum absolute atomic E-state index is 0.339. The summed E-state index contributed by atoms with van der Waals surface area (Å²) >= 11 is 0.